The smallest absolute Gasteiger partial charge is 0.0761 e. The lowest BCUT2D eigenvalue weighted by Gasteiger charge is -2.42. The van der Waals surface area contributed by atoms with E-state index in [-0.39, 0.29) is 0 Å². The SMILES string of the molecule is C#CCN1CC(Nc2ccc(C3c4[nH]c5ccccc5c4CCN3C3(CC)CC3)cc2)C1.CC. The summed E-state index contributed by atoms with van der Waals surface area (Å²) in [5.41, 5.74) is 7.16. The molecule has 178 valence electrons. The number of hydrogen-bond acceptors (Lipinski definition) is 3. The zero-order valence-electron chi connectivity index (χ0n) is 20.9. The van der Waals surface area contributed by atoms with Crippen LogP contribution in [0.15, 0.2) is 48.5 Å². The molecule has 0 radical (unpaired) electrons. The minimum Gasteiger partial charge on any atom is -0.380 e. The Balaban J connectivity index is 0.00000117. The van der Waals surface area contributed by atoms with Gasteiger partial charge in [-0.1, -0.05) is 57.0 Å². The first kappa shape index (κ1) is 23.0. The average molecular weight is 455 g/mol. The second kappa shape index (κ2) is 9.49. The van der Waals surface area contributed by atoms with Crippen molar-refractivity contribution in [3.63, 3.8) is 0 Å². The number of aromatic nitrogens is 1. The molecule has 34 heavy (non-hydrogen) atoms. The fourth-order valence-electron chi connectivity index (χ4n) is 6.00. The van der Waals surface area contributed by atoms with Crippen molar-refractivity contribution in [3.05, 3.63) is 65.4 Å². The third-order valence-electron chi connectivity index (χ3n) is 8.00. The summed E-state index contributed by atoms with van der Waals surface area (Å²) >= 11 is 0. The molecule has 1 aromatic heterocycles. The molecule has 1 unspecified atom stereocenters. The van der Waals surface area contributed by atoms with Crippen molar-refractivity contribution in [2.45, 2.75) is 64.1 Å². The molecule has 1 saturated carbocycles. The summed E-state index contributed by atoms with van der Waals surface area (Å²) in [7, 11) is 0. The van der Waals surface area contributed by atoms with Gasteiger partial charge in [0.2, 0.25) is 0 Å². The number of para-hydroxylation sites is 1. The first-order chi connectivity index (χ1) is 16.7. The van der Waals surface area contributed by atoms with Crippen LogP contribution in [0, 0.1) is 12.3 Å². The van der Waals surface area contributed by atoms with E-state index in [0.29, 0.717) is 17.6 Å². The Kier molecular flexibility index (Phi) is 6.42. The minimum absolute atomic E-state index is 0.303. The summed E-state index contributed by atoms with van der Waals surface area (Å²) in [4.78, 5) is 8.92. The maximum absolute atomic E-state index is 5.42. The predicted molar refractivity (Wildman–Crippen MR) is 143 cm³/mol. The molecule has 0 spiro atoms. The van der Waals surface area contributed by atoms with Crippen molar-refractivity contribution < 1.29 is 0 Å². The Morgan fingerprint density at radius 2 is 1.82 bits per heavy atom. The van der Waals surface area contributed by atoms with Gasteiger partial charge < -0.3 is 10.3 Å². The molecular formula is C30H38N4. The fraction of sp³-hybridized carbons (Fsp3) is 0.467. The lowest BCUT2D eigenvalue weighted by atomic mass is 9.89. The van der Waals surface area contributed by atoms with E-state index in [1.165, 1.54) is 52.7 Å². The Bertz CT molecular complexity index is 1160. The highest BCUT2D eigenvalue weighted by Crippen LogP contribution is 2.52. The van der Waals surface area contributed by atoms with Gasteiger partial charge in [0.15, 0.2) is 0 Å². The second-order valence-electron chi connectivity index (χ2n) is 9.85. The second-order valence-corrected chi connectivity index (χ2v) is 9.85. The molecule has 2 aromatic carbocycles. The Morgan fingerprint density at radius 3 is 2.50 bits per heavy atom. The number of fused-ring (bicyclic) bond motifs is 3. The molecule has 0 amide bonds. The van der Waals surface area contributed by atoms with Gasteiger partial charge >= 0.3 is 0 Å². The van der Waals surface area contributed by atoms with Crippen LogP contribution < -0.4 is 5.32 Å². The van der Waals surface area contributed by atoms with E-state index in [2.05, 4.69) is 81.5 Å². The fourth-order valence-corrected chi connectivity index (χ4v) is 6.00. The van der Waals surface area contributed by atoms with Crippen molar-refractivity contribution in [1.29, 1.82) is 0 Å². The van der Waals surface area contributed by atoms with Gasteiger partial charge in [-0.05, 0) is 55.0 Å². The molecule has 1 saturated heterocycles. The van der Waals surface area contributed by atoms with Gasteiger partial charge in [0.25, 0.3) is 0 Å². The Morgan fingerprint density at radius 1 is 1.09 bits per heavy atom. The van der Waals surface area contributed by atoms with E-state index < -0.39 is 0 Å². The molecule has 3 aliphatic rings. The van der Waals surface area contributed by atoms with E-state index in [1.54, 1.807) is 0 Å². The van der Waals surface area contributed by atoms with Gasteiger partial charge in [-0.25, -0.2) is 0 Å². The number of terminal acetylenes is 1. The molecule has 3 aromatic rings. The zero-order valence-corrected chi connectivity index (χ0v) is 20.9. The van der Waals surface area contributed by atoms with Crippen molar-refractivity contribution in [1.82, 2.24) is 14.8 Å². The largest absolute Gasteiger partial charge is 0.380 e. The monoisotopic (exact) mass is 454 g/mol. The molecule has 2 fully saturated rings. The first-order valence-corrected chi connectivity index (χ1v) is 13.1. The van der Waals surface area contributed by atoms with Gasteiger partial charge in [0.1, 0.15) is 0 Å². The van der Waals surface area contributed by atoms with Crippen molar-refractivity contribution in [3.8, 4) is 12.3 Å². The summed E-state index contributed by atoms with van der Waals surface area (Å²) in [6.45, 7) is 10.3. The number of nitrogens with one attached hydrogen (secondary N) is 2. The van der Waals surface area contributed by atoms with E-state index in [9.17, 15) is 0 Å². The van der Waals surface area contributed by atoms with Crippen molar-refractivity contribution in [2.75, 3.05) is 31.5 Å². The highest BCUT2D eigenvalue weighted by atomic mass is 15.3. The Labute approximate surface area is 204 Å². The van der Waals surface area contributed by atoms with Gasteiger partial charge in [0.05, 0.1) is 18.6 Å². The summed E-state index contributed by atoms with van der Waals surface area (Å²) < 4.78 is 0. The van der Waals surface area contributed by atoms with Crippen LogP contribution in [-0.4, -0.2) is 52.5 Å². The zero-order chi connectivity index (χ0) is 23.7. The van der Waals surface area contributed by atoms with Crippen LogP contribution in [0.2, 0.25) is 0 Å². The normalized spacial score (nSPS) is 21.6. The standard InChI is InChI=1S/C28H32N4.C2H6/c1-3-16-31-18-22(19-31)29-21-11-9-20(10-12-21)27-26-24(23-7-5-6-8-25(23)30-26)13-17-32(27)28(4-2)14-15-28;1-2/h1,5-12,22,27,29-30H,4,13-19H2,2H3;1-2H3. The van der Waals surface area contributed by atoms with Crippen LogP contribution in [0.4, 0.5) is 5.69 Å². The highest BCUT2D eigenvalue weighted by Gasteiger charge is 2.51. The average Bonchev–Trinajstić information content (AvgIpc) is 3.57. The van der Waals surface area contributed by atoms with Gasteiger partial charge in [-0.15, -0.1) is 6.42 Å². The Hall–Kier alpha value is -2.74. The molecule has 3 heterocycles. The van der Waals surface area contributed by atoms with E-state index in [4.69, 9.17) is 6.42 Å². The third kappa shape index (κ3) is 4.02. The maximum Gasteiger partial charge on any atom is 0.0761 e. The molecule has 4 heteroatoms. The maximum atomic E-state index is 5.42. The molecule has 1 aliphatic carbocycles. The van der Waals surface area contributed by atoms with Gasteiger partial charge in [-0.3, -0.25) is 9.80 Å². The van der Waals surface area contributed by atoms with Gasteiger partial charge in [-0.2, -0.15) is 0 Å². The molecule has 6 rings (SSSR count). The van der Waals surface area contributed by atoms with E-state index in [0.717, 1.165) is 32.6 Å². The quantitative estimate of drug-likeness (QED) is 0.461. The van der Waals surface area contributed by atoms with Crippen LogP contribution in [0.3, 0.4) is 0 Å². The third-order valence-corrected chi connectivity index (χ3v) is 8.00. The minimum atomic E-state index is 0.303. The molecule has 1 atom stereocenters. The number of nitrogens with zero attached hydrogens (tertiary/aromatic N) is 2. The van der Waals surface area contributed by atoms with Gasteiger partial charge in [0, 0.05) is 47.5 Å². The molecule has 0 bridgehead atoms. The summed E-state index contributed by atoms with van der Waals surface area (Å²) in [5.74, 6) is 2.73. The number of hydrogen-bond donors (Lipinski definition) is 2. The van der Waals surface area contributed by atoms with Crippen LogP contribution in [-0.2, 0) is 6.42 Å². The van der Waals surface area contributed by atoms with E-state index >= 15 is 0 Å². The highest BCUT2D eigenvalue weighted by molar-refractivity contribution is 5.85. The lowest BCUT2D eigenvalue weighted by molar-refractivity contribution is 0.122. The summed E-state index contributed by atoms with van der Waals surface area (Å²) in [6, 6.07) is 18.8. The van der Waals surface area contributed by atoms with Crippen LogP contribution >= 0.6 is 0 Å². The molecular weight excluding hydrogens is 416 g/mol. The number of benzene rings is 2. The summed E-state index contributed by atoms with van der Waals surface area (Å²) in [6.07, 6.45) is 10.4. The van der Waals surface area contributed by atoms with Crippen LogP contribution in [0.5, 0.6) is 0 Å². The molecule has 2 N–H and O–H groups in total. The molecule has 4 nitrogen and oxygen atoms in total. The molecule has 2 aliphatic heterocycles. The predicted octanol–water partition coefficient (Wildman–Crippen LogP) is 5.81. The van der Waals surface area contributed by atoms with Crippen LogP contribution in [0.1, 0.15) is 62.9 Å². The number of likely N-dealkylation sites (tertiary alicyclic amines) is 1. The number of rotatable bonds is 6. The lowest BCUT2D eigenvalue weighted by Crippen LogP contribution is -2.54. The number of aromatic amines is 1. The number of H-pyrrole nitrogens is 1. The number of anilines is 1. The van der Waals surface area contributed by atoms with Crippen LogP contribution in [0.25, 0.3) is 10.9 Å². The summed E-state index contributed by atoms with van der Waals surface area (Å²) in [5, 5.41) is 5.07. The van der Waals surface area contributed by atoms with Crippen molar-refractivity contribution >= 4 is 16.6 Å². The first-order valence-electron chi connectivity index (χ1n) is 13.1. The topological polar surface area (TPSA) is 34.3 Å². The van der Waals surface area contributed by atoms with E-state index in [1.807, 2.05) is 13.8 Å². The van der Waals surface area contributed by atoms with Crippen molar-refractivity contribution in [2.24, 2.45) is 0 Å².